The van der Waals surface area contributed by atoms with E-state index in [4.69, 9.17) is 10.2 Å². The molecule has 0 aliphatic carbocycles. The third-order valence-corrected chi connectivity index (χ3v) is 3.23. The Morgan fingerprint density at radius 2 is 2.04 bits per heavy atom. The molecule has 0 aromatic carbocycles. The van der Waals surface area contributed by atoms with Gasteiger partial charge in [-0.25, -0.2) is 4.98 Å². The number of nitrogens with zero attached hydrogens (tertiary/aromatic N) is 4. The van der Waals surface area contributed by atoms with E-state index in [9.17, 15) is 9.59 Å². The van der Waals surface area contributed by atoms with Gasteiger partial charge in [-0.1, -0.05) is 0 Å². The number of nitrogens with two attached hydrogens (primary N) is 1. The molecular formula is C15H15ClN6O3. The number of pyridine rings is 1. The van der Waals surface area contributed by atoms with Crippen LogP contribution < -0.4 is 11.1 Å². The van der Waals surface area contributed by atoms with Gasteiger partial charge in [-0.2, -0.15) is 5.10 Å². The molecule has 3 aromatic heterocycles. The van der Waals surface area contributed by atoms with Gasteiger partial charge in [0, 0.05) is 30.7 Å². The molecule has 0 fully saturated rings. The summed E-state index contributed by atoms with van der Waals surface area (Å²) in [4.78, 5) is 31.7. The number of primary amides is 1. The summed E-state index contributed by atoms with van der Waals surface area (Å²) < 4.78 is 6.80. The van der Waals surface area contributed by atoms with Crippen LogP contribution in [0.2, 0.25) is 0 Å². The van der Waals surface area contributed by atoms with Gasteiger partial charge in [-0.05, 0) is 19.1 Å². The molecule has 0 aliphatic rings. The topological polar surface area (TPSA) is 129 Å². The molecule has 9 nitrogen and oxygen atoms in total. The number of anilines is 1. The minimum absolute atomic E-state index is 0. The fourth-order valence-corrected chi connectivity index (χ4v) is 2.05. The van der Waals surface area contributed by atoms with Gasteiger partial charge < -0.3 is 15.5 Å². The number of carbonyl (C=O) groups excluding carboxylic acids is 2. The molecule has 2 amide bonds. The van der Waals surface area contributed by atoms with Gasteiger partial charge in [-0.15, -0.1) is 12.4 Å². The van der Waals surface area contributed by atoms with E-state index in [2.05, 4.69) is 20.4 Å². The van der Waals surface area contributed by atoms with Crippen LogP contribution in [0.5, 0.6) is 0 Å². The molecule has 0 aliphatic heterocycles. The lowest BCUT2D eigenvalue weighted by molar-refractivity contribution is 0.0995. The molecule has 0 radical (unpaired) electrons. The Balaban J connectivity index is 0.00000225. The van der Waals surface area contributed by atoms with E-state index in [1.54, 1.807) is 24.5 Å². The zero-order valence-corrected chi connectivity index (χ0v) is 14.0. The summed E-state index contributed by atoms with van der Waals surface area (Å²) >= 11 is 0. The van der Waals surface area contributed by atoms with Crippen molar-refractivity contribution >= 4 is 29.9 Å². The van der Waals surface area contributed by atoms with Gasteiger partial charge in [0.2, 0.25) is 5.89 Å². The van der Waals surface area contributed by atoms with Gasteiger partial charge in [0.1, 0.15) is 6.26 Å². The summed E-state index contributed by atoms with van der Waals surface area (Å²) in [5.74, 6) is -0.964. The first kappa shape index (κ1) is 18.1. The molecular weight excluding hydrogens is 348 g/mol. The fourth-order valence-electron chi connectivity index (χ4n) is 2.05. The molecule has 0 bridgehead atoms. The van der Waals surface area contributed by atoms with Crippen molar-refractivity contribution in [3.63, 3.8) is 0 Å². The normalized spacial score (nSPS) is 10.1. The maximum atomic E-state index is 12.3. The number of oxazole rings is 1. The summed E-state index contributed by atoms with van der Waals surface area (Å²) in [6, 6.07) is 3.42. The minimum atomic E-state index is -0.727. The van der Waals surface area contributed by atoms with E-state index < -0.39 is 11.8 Å². The van der Waals surface area contributed by atoms with Gasteiger partial charge in [0.25, 0.3) is 11.8 Å². The molecule has 0 saturated carbocycles. The van der Waals surface area contributed by atoms with Crippen molar-refractivity contribution in [1.29, 1.82) is 0 Å². The van der Waals surface area contributed by atoms with E-state index in [1.807, 2.05) is 6.92 Å². The van der Waals surface area contributed by atoms with Crippen LogP contribution in [-0.2, 0) is 6.54 Å². The lowest BCUT2D eigenvalue weighted by atomic mass is 10.3. The fraction of sp³-hybridized carbons (Fsp3) is 0.133. The molecule has 3 heterocycles. The zero-order chi connectivity index (χ0) is 17.1. The Kier molecular flexibility index (Phi) is 5.50. The highest BCUT2D eigenvalue weighted by atomic mass is 35.5. The Labute approximate surface area is 148 Å². The van der Waals surface area contributed by atoms with Crippen molar-refractivity contribution in [2.45, 2.75) is 13.5 Å². The molecule has 0 saturated heterocycles. The molecule has 0 spiro atoms. The summed E-state index contributed by atoms with van der Waals surface area (Å²) in [5, 5.41) is 6.57. The van der Waals surface area contributed by atoms with Crippen LogP contribution in [0.3, 0.4) is 0 Å². The average Bonchev–Trinajstić information content (AvgIpc) is 3.22. The number of aromatic nitrogens is 4. The predicted molar refractivity (Wildman–Crippen MR) is 91.4 cm³/mol. The van der Waals surface area contributed by atoms with Gasteiger partial charge >= 0.3 is 0 Å². The monoisotopic (exact) mass is 362 g/mol. The minimum Gasteiger partial charge on any atom is -0.444 e. The van der Waals surface area contributed by atoms with Crippen LogP contribution in [-0.4, -0.2) is 31.6 Å². The average molecular weight is 363 g/mol. The number of aryl methyl sites for hydroxylation is 1. The van der Waals surface area contributed by atoms with Crippen LogP contribution in [0.15, 0.2) is 41.4 Å². The third kappa shape index (κ3) is 3.83. The Morgan fingerprint density at radius 3 is 2.68 bits per heavy atom. The lowest BCUT2D eigenvalue weighted by Gasteiger charge is -2.00. The second kappa shape index (κ2) is 7.58. The molecule has 130 valence electrons. The van der Waals surface area contributed by atoms with E-state index in [-0.39, 0.29) is 29.5 Å². The van der Waals surface area contributed by atoms with Crippen molar-refractivity contribution < 1.29 is 14.0 Å². The second-order valence-electron chi connectivity index (χ2n) is 4.84. The van der Waals surface area contributed by atoms with Gasteiger partial charge in [-0.3, -0.25) is 19.3 Å². The first-order chi connectivity index (χ1) is 11.6. The van der Waals surface area contributed by atoms with Crippen molar-refractivity contribution in [1.82, 2.24) is 19.7 Å². The van der Waals surface area contributed by atoms with Crippen LogP contribution in [0, 0.1) is 0 Å². The van der Waals surface area contributed by atoms with E-state index in [1.165, 1.54) is 17.1 Å². The predicted octanol–water partition coefficient (Wildman–Crippen LogP) is 1.73. The quantitative estimate of drug-likeness (QED) is 0.711. The zero-order valence-electron chi connectivity index (χ0n) is 13.2. The number of rotatable bonds is 5. The number of hydrogen-bond donors (Lipinski definition) is 2. The number of carbonyl (C=O) groups is 2. The van der Waals surface area contributed by atoms with Crippen molar-refractivity contribution in [2.75, 3.05) is 5.32 Å². The first-order valence-electron chi connectivity index (χ1n) is 7.13. The molecule has 0 unspecified atom stereocenters. The smallest absolute Gasteiger partial charge is 0.277 e. The van der Waals surface area contributed by atoms with E-state index >= 15 is 0 Å². The molecule has 3 aromatic rings. The Morgan fingerprint density at radius 1 is 1.32 bits per heavy atom. The third-order valence-electron chi connectivity index (χ3n) is 3.23. The summed E-state index contributed by atoms with van der Waals surface area (Å²) in [5.41, 5.74) is 6.25. The highest BCUT2D eigenvalue weighted by Crippen LogP contribution is 2.19. The highest BCUT2D eigenvalue weighted by Gasteiger charge is 2.19. The Bertz CT molecular complexity index is 890. The summed E-state index contributed by atoms with van der Waals surface area (Å²) in [6.07, 6.45) is 5.95. The number of nitrogens with one attached hydrogen (secondary N) is 1. The van der Waals surface area contributed by atoms with Gasteiger partial charge in [0.05, 0.1) is 5.69 Å². The second-order valence-corrected chi connectivity index (χ2v) is 4.84. The Hall–Kier alpha value is -3.20. The first-order valence-corrected chi connectivity index (χ1v) is 7.13. The van der Waals surface area contributed by atoms with Crippen molar-refractivity contribution in [3.8, 4) is 11.5 Å². The molecule has 0 atom stereocenters. The summed E-state index contributed by atoms with van der Waals surface area (Å²) in [6.45, 7) is 2.38. The maximum absolute atomic E-state index is 12.3. The largest absolute Gasteiger partial charge is 0.444 e. The SMILES string of the molecule is CCn1cc(NC(=O)c2coc(-c3ccncc3)n2)c(C(N)=O)n1.Cl. The highest BCUT2D eigenvalue weighted by molar-refractivity contribution is 6.07. The van der Waals surface area contributed by atoms with Crippen molar-refractivity contribution in [3.05, 3.63) is 48.4 Å². The molecule has 3 N–H and O–H groups in total. The summed E-state index contributed by atoms with van der Waals surface area (Å²) in [7, 11) is 0. The number of amides is 2. The van der Waals surface area contributed by atoms with E-state index in [0.717, 1.165) is 0 Å². The number of hydrogen-bond acceptors (Lipinski definition) is 6. The number of halogens is 1. The van der Waals surface area contributed by atoms with Crippen molar-refractivity contribution in [2.24, 2.45) is 5.73 Å². The molecule has 3 rings (SSSR count). The van der Waals surface area contributed by atoms with Crippen LogP contribution in [0.1, 0.15) is 27.9 Å². The van der Waals surface area contributed by atoms with E-state index in [0.29, 0.717) is 18.0 Å². The van der Waals surface area contributed by atoms with Crippen LogP contribution >= 0.6 is 12.4 Å². The van der Waals surface area contributed by atoms with Gasteiger partial charge in [0.15, 0.2) is 11.4 Å². The lowest BCUT2D eigenvalue weighted by Crippen LogP contribution is -2.18. The van der Waals surface area contributed by atoms with Crippen LogP contribution in [0.25, 0.3) is 11.5 Å². The molecule has 25 heavy (non-hydrogen) atoms. The van der Waals surface area contributed by atoms with Crippen LogP contribution in [0.4, 0.5) is 5.69 Å². The standard InChI is InChI=1S/C15H14N6O3.ClH/c1-2-21-7-10(12(20-21)13(16)22)18-14(23)11-8-24-15(19-11)9-3-5-17-6-4-9;/h3-8H,2H2,1H3,(H2,16,22)(H,18,23);1H. The maximum Gasteiger partial charge on any atom is 0.277 e. The molecule has 10 heteroatoms.